The van der Waals surface area contributed by atoms with E-state index in [9.17, 15) is 4.39 Å². The van der Waals surface area contributed by atoms with Crippen LogP contribution in [0.1, 0.15) is 63.0 Å². The number of nitriles is 1. The Morgan fingerprint density at radius 3 is 2.28 bits per heavy atom. The molecule has 2 bridgehead atoms. The first kappa shape index (κ1) is 16.3. The fourth-order valence-electron chi connectivity index (χ4n) is 5.17. The highest BCUT2D eigenvalue weighted by Crippen LogP contribution is 2.60. The fourth-order valence-corrected chi connectivity index (χ4v) is 5.17. The Hall–Kier alpha value is -2.14. The second-order valence-corrected chi connectivity index (χ2v) is 7.99. The summed E-state index contributed by atoms with van der Waals surface area (Å²) < 4.78 is 14.2. The van der Waals surface area contributed by atoms with Crippen molar-refractivity contribution in [2.24, 2.45) is 5.41 Å². The van der Waals surface area contributed by atoms with Gasteiger partial charge in [-0.3, -0.25) is 0 Å². The van der Waals surface area contributed by atoms with Crippen LogP contribution in [0.25, 0.3) is 11.1 Å². The molecule has 0 amide bonds. The predicted molar refractivity (Wildman–Crippen MR) is 98.7 cm³/mol. The Morgan fingerprint density at radius 1 is 1.00 bits per heavy atom. The van der Waals surface area contributed by atoms with Crippen LogP contribution in [0.15, 0.2) is 42.5 Å². The van der Waals surface area contributed by atoms with Gasteiger partial charge in [0.15, 0.2) is 0 Å². The van der Waals surface area contributed by atoms with Crippen molar-refractivity contribution in [3.63, 3.8) is 0 Å². The van der Waals surface area contributed by atoms with Crippen LogP contribution < -0.4 is 0 Å². The zero-order chi connectivity index (χ0) is 17.5. The first-order valence-electron chi connectivity index (χ1n) is 9.41. The Kier molecular flexibility index (Phi) is 3.91. The maximum absolute atomic E-state index is 14.2. The quantitative estimate of drug-likeness (QED) is 0.640. The van der Waals surface area contributed by atoms with Gasteiger partial charge in [0.2, 0.25) is 0 Å². The van der Waals surface area contributed by atoms with Gasteiger partial charge in [-0.15, -0.1) is 0 Å². The van der Waals surface area contributed by atoms with Gasteiger partial charge in [0.1, 0.15) is 11.9 Å². The summed E-state index contributed by atoms with van der Waals surface area (Å²) in [7, 11) is 0. The van der Waals surface area contributed by atoms with E-state index >= 15 is 0 Å². The summed E-state index contributed by atoms with van der Waals surface area (Å²) in [6, 6.07) is 15.4. The van der Waals surface area contributed by atoms with E-state index in [4.69, 9.17) is 5.26 Å². The third-order valence-electron chi connectivity index (χ3n) is 7.05. The highest BCUT2D eigenvalue weighted by molar-refractivity contribution is 5.70. The van der Waals surface area contributed by atoms with Gasteiger partial charge in [0.05, 0.1) is 5.56 Å². The van der Waals surface area contributed by atoms with Crippen LogP contribution in [0, 0.1) is 22.6 Å². The average Bonchev–Trinajstić information content (AvgIpc) is 2.69. The standard InChI is InChI=1S/C23H24FN/c1-2-22-9-12-23(13-10-22,14-11-22)20-6-4-3-5-19(20)17-7-8-18(16-25)21(24)15-17/h3-8,15H,2,9-14H2,1H3. The minimum absolute atomic E-state index is 0.113. The van der Waals surface area contributed by atoms with Gasteiger partial charge in [-0.2, -0.15) is 5.26 Å². The van der Waals surface area contributed by atoms with Crippen molar-refractivity contribution < 1.29 is 4.39 Å². The van der Waals surface area contributed by atoms with Crippen molar-refractivity contribution in [2.75, 3.05) is 0 Å². The minimum atomic E-state index is -0.426. The molecule has 0 atom stereocenters. The number of rotatable bonds is 3. The molecule has 2 heteroatoms. The lowest BCUT2D eigenvalue weighted by Crippen LogP contribution is -2.44. The minimum Gasteiger partial charge on any atom is -0.206 e. The molecule has 5 rings (SSSR count). The Morgan fingerprint density at radius 2 is 1.68 bits per heavy atom. The van der Waals surface area contributed by atoms with Crippen molar-refractivity contribution in [3.8, 4) is 17.2 Å². The van der Waals surface area contributed by atoms with Crippen LogP contribution in [0.3, 0.4) is 0 Å². The van der Waals surface area contributed by atoms with Crippen molar-refractivity contribution >= 4 is 0 Å². The summed E-state index contributed by atoms with van der Waals surface area (Å²) in [4.78, 5) is 0. The van der Waals surface area contributed by atoms with Gasteiger partial charge in [-0.25, -0.2) is 4.39 Å². The third-order valence-corrected chi connectivity index (χ3v) is 7.05. The number of hydrogen-bond donors (Lipinski definition) is 0. The lowest BCUT2D eigenvalue weighted by Gasteiger charge is -2.54. The van der Waals surface area contributed by atoms with E-state index in [1.54, 1.807) is 6.07 Å². The van der Waals surface area contributed by atoms with E-state index in [0.717, 1.165) is 11.1 Å². The van der Waals surface area contributed by atoms with Crippen molar-refractivity contribution in [1.29, 1.82) is 5.26 Å². The molecule has 25 heavy (non-hydrogen) atoms. The smallest absolute Gasteiger partial charge is 0.141 e. The summed E-state index contributed by atoms with van der Waals surface area (Å²) in [6.07, 6.45) is 8.99. The van der Waals surface area contributed by atoms with E-state index in [0.29, 0.717) is 5.41 Å². The first-order chi connectivity index (χ1) is 12.1. The Labute approximate surface area is 149 Å². The van der Waals surface area contributed by atoms with Gasteiger partial charge < -0.3 is 0 Å². The molecule has 3 fully saturated rings. The number of hydrogen-bond acceptors (Lipinski definition) is 1. The molecule has 0 aromatic heterocycles. The van der Waals surface area contributed by atoms with E-state index < -0.39 is 5.82 Å². The summed E-state index contributed by atoms with van der Waals surface area (Å²) in [5.74, 6) is -0.426. The molecule has 0 radical (unpaired) electrons. The molecule has 0 N–H and O–H groups in total. The molecule has 3 saturated carbocycles. The predicted octanol–water partition coefficient (Wildman–Crippen LogP) is 6.37. The van der Waals surface area contributed by atoms with Crippen LogP contribution >= 0.6 is 0 Å². The zero-order valence-electron chi connectivity index (χ0n) is 14.8. The maximum atomic E-state index is 14.2. The van der Waals surface area contributed by atoms with Crippen LogP contribution in [-0.4, -0.2) is 0 Å². The van der Waals surface area contributed by atoms with Gasteiger partial charge in [0, 0.05) is 0 Å². The average molecular weight is 333 g/mol. The molecular weight excluding hydrogens is 309 g/mol. The molecular formula is C23H24FN. The maximum Gasteiger partial charge on any atom is 0.141 e. The molecule has 0 unspecified atom stereocenters. The Bertz CT molecular complexity index is 821. The molecule has 0 aliphatic heterocycles. The van der Waals surface area contributed by atoms with Gasteiger partial charge in [0.25, 0.3) is 0 Å². The lowest BCUT2D eigenvalue weighted by atomic mass is 9.51. The normalized spacial score (nSPS) is 27.9. The van der Waals surface area contributed by atoms with E-state index in [1.165, 1.54) is 56.6 Å². The molecule has 3 aliphatic rings. The van der Waals surface area contributed by atoms with E-state index in [2.05, 4.69) is 25.1 Å². The van der Waals surface area contributed by atoms with Gasteiger partial charge in [-0.1, -0.05) is 43.7 Å². The van der Waals surface area contributed by atoms with Crippen molar-refractivity contribution in [2.45, 2.75) is 57.3 Å². The second-order valence-electron chi connectivity index (χ2n) is 7.99. The monoisotopic (exact) mass is 333 g/mol. The summed E-state index contributed by atoms with van der Waals surface area (Å²) in [5.41, 5.74) is 4.34. The van der Waals surface area contributed by atoms with Crippen LogP contribution in [0.4, 0.5) is 4.39 Å². The van der Waals surface area contributed by atoms with Crippen LogP contribution in [0.5, 0.6) is 0 Å². The van der Waals surface area contributed by atoms with E-state index in [-0.39, 0.29) is 11.0 Å². The number of fused-ring (bicyclic) bond motifs is 3. The van der Waals surface area contributed by atoms with Gasteiger partial charge in [-0.05, 0) is 78.2 Å². The lowest BCUT2D eigenvalue weighted by molar-refractivity contribution is 0.0369. The van der Waals surface area contributed by atoms with Gasteiger partial charge >= 0.3 is 0 Å². The molecule has 128 valence electrons. The number of benzene rings is 2. The Balaban J connectivity index is 1.76. The van der Waals surface area contributed by atoms with Crippen LogP contribution in [-0.2, 0) is 5.41 Å². The molecule has 2 aromatic rings. The highest BCUT2D eigenvalue weighted by atomic mass is 19.1. The SMILES string of the molecule is CCC12CCC(c3ccccc3-c3ccc(C#N)c(F)c3)(CC1)CC2. The first-order valence-corrected chi connectivity index (χ1v) is 9.41. The molecule has 0 spiro atoms. The van der Waals surface area contributed by atoms with Crippen molar-refractivity contribution in [1.82, 2.24) is 0 Å². The van der Waals surface area contributed by atoms with Crippen molar-refractivity contribution in [3.05, 3.63) is 59.4 Å². The third kappa shape index (κ3) is 2.58. The van der Waals surface area contributed by atoms with Crippen LogP contribution in [0.2, 0.25) is 0 Å². The summed E-state index contributed by atoms with van der Waals surface area (Å²) in [6.45, 7) is 2.34. The number of halogens is 1. The van der Waals surface area contributed by atoms with E-state index in [1.807, 2.05) is 18.2 Å². The summed E-state index contributed by atoms with van der Waals surface area (Å²) >= 11 is 0. The molecule has 2 aromatic carbocycles. The second kappa shape index (κ2) is 5.99. The largest absolute Gasteiger partial charge is 0.206 e. The highest BCUT2D eigenvalue weighted by Gasteiger charge is 2.48. The molecule has 3 aliphatic carbocycles. The molecule has 1 nitrogen and oxygen atoms in total. The molecule has 0 saturated heterocycles. The topological polar surface area (TPSA) is 23.8 Å². The zero-order valence-corrected chi connectivity index (χ0v) is 14.8. The molecule has 0 heterocycles. The summed E-state index contributed by atoms with van der Waals surface area (Å²) in [5, 5.41) is 8.98. The number of nitrogens with zero attached hydrogens (tertiary/aromatic N) is 1. The fraction of sp³-hybridized carbons (Fsp3) is 0.435.